The number of sulfone groups is 1. The van der Waals surface area contributed by atoms with Crippen LogP contribution in [-0.2, 0) is 16.3 Å². The smallest absolute Gasteiger partial charge is 0.206 e. The maximum absolute atomic E-state index is 13.1. The first kappa shape index (κ1) is 22.6. The van der Waals surface area contributed by atoms with E-state index in [0.717, 1.165) is 12.0 Å². The van der Waals surface area contributed by atoms with Crippen LogP contribution < -0.4 is 0 Å². The van der Waals surface area contributed by atoms with Gasteiger partial charge in [-0.05, 0) is 87.0 Å². The van der Waals surface area contributed by atoms with Crippen molar-refractivity contribution in [3.8, 4) is 22.3 Å². The molecule has 0 unspecified atom stereocenters. The number of fused-ring (bicyclic) bond motifs is 3. The zero-order valence-corrected chi connectivity index (χ0v) is 21.0. The molecule has 0 N–H and O–H groups in total. The summed E-state index contributed by atoms with van der Waals surface area (Å²) in [6.07, 6.45) is 0.906. The Labute approximate surface area is 203 Å². The molecule has 172 valence electrons. The fourth-order valence-electron chi connectivity index (χ4n) is 5.28. The van der Waals surface area contributed by atoms with Crippen LogP contribution in [-0.4, -0.2) is 8.42 Å². The molecule has 0 bridgehead atoms. The van der Waals surface area contributed by atoms with E-state index in [-0.39, 0.29) is 0 Å². The molecule has 0 spiro atoms. The van der Waals surface area contributed by atoms with Crippen LogP contribution in [0, 0.1) is 0 Å². The van der Waals surface area contributed by atoms with Crippen molar-refractivity contribution in [2.75, 3.05) is 0 Å². The lowest BCUT2D eigenvalue weighted by Gasteiger charge is -2.24. The summed E-state index contributed by atoms with van der Waals surface area (Å²) in [5.74, 6) is 0.751. The van der Waals surface area contributed by atoms with Gasteiger partial charge in [-0.3, -0.25) is 0 Å². The van der Waals surface area contributed by atoms with Crippen molar-refractivity contribution in [3.63, 3.8) is 0 Å². The minimum absolute atomic E-state index is 0.323. The molecule has 5 rings (SSSR count). The normalized spacial score (nSPS) is 12.8. The van der Waals surface area contributed by atoms with E-state index < -0.39 is 9.84 Å². The van der Waals surface area contributed by atoms with Gasteiger partial charge in [0.2, 0.25) is 9.84 Å². The Morgan fingerprint density at radius 3 is 1.94 bits per heavy atom. The van der Waals surface area contributed by atoms with E-state index in [1.165, 1.54) is 38.9 Å². The standard InChI is InChI=1S/C31H30O2S/c1-20(2)27-19-28-26-13-9-8-10-23(26)18-29(28)31(30(27)21(3)4)22-14-16-25(17-15-22)34(32,33)24-11-6-5-7-12-24/h5-17,19-21H,18H2,1-4H3. The predicted octanol–water partition coefficient (Wildman–Crippen LogP) is 8.00. The van der Waals surface area contributed by atoms with E-state index in [4.69, 9.17) is 0 Å². The third-order valence-corrected chi connectivity index (χ3v) is 8.67. The molecule has 0 atom stereocenters. The van der Waals surface area contributed by atoms with Crippen LogP contribution in [0.2, 0.25) is 0 Å². The van der Waals surface area contributed by atoms with Gasteiger partial charge < -0.3 is 0 Å². The SMILES string of the molecule is CC(C)c1cc2c(c(-c3ccc(S(=O)(=O)c4ccccc4)cc3)c1C(C)C)Cc1ccccc1-2. The van der Waals surface area contributed by atoms with Gasteiger partial charge in [0.1, 0.15) is 0 Å². The Balaban J connectivity index is 1.71. The summed E-state index contributed by atoms with van der Waals surface area (Å²) in [5.41, 5.74) is 10.5. The number of rotatable bonds is 5. The van der Waals surface area contributed by atoms with Gasteiger partial charge in [-0.15, -0.1) is 0 Å². The summed E-state index contributed by atoms with van der Waals surface area (Å²) >= 11 is 0. The molecule has 0 heterocycles. The second-order valence-corrected chi connectivity index (χ2v) is 11.7. The highest BCUT2D eigenvalue weighted by atomic mass is 32.2. The maximum Gasteiger partial charge on any atom is 0.206 e. The van der Waals surface area contributed by atoms with Crippen molar-refractivity contribution in [1.29, 1.82) is 0 Å². The molecule has 0 saturated carbocycles. The number of benzene rings is 4. The molecule has 1 aliphatic rings. The molecule has 0 fully saturated rings. The summed E-state index contributed by atoms with van der Waals surface area (Å²) in [6.45, 7) is 9.03. The van der Waals surface area contributed by atoms with Crippen LogP contribution in [0.15, 0.2) is 94.7 Å². The van der Waals surface area contributed by atoms with Crippen LogP contribution in [0.4, 0.5) is 0 Å². The average Bonchev–Trinajstić information content (AvgIpc) is 3.22. The van der Waals surface area contributed by atoms with Gasteiger partial charge in [0.25, 0.3) is 0 Å². The maximum atomic E-state index is 13.1. The second kappa shape index (κ2) is 8.56. The van der Waals surface area contributed by atoms with E-state index in [1.807, 2.05) is 18.2 Å². The topological polar surface area (TPSA) is 34.1 Å². The van der Waals surface area contributed by atoms with Gasteiger partial charge >= 0.3 is 0 Å². The minimum Gasteiger partial charge on any atom is -0.219 e. The monoisotopic (exact) mass is 466 g/mol. The van der Waals surface area contributed by atoms with Crippen molar-refractivity contribution in [2.45, 2.75) is 55.7 Å². The van der Waals surface area contributed by atoms with E-state index in [2.05, 4.69) is 58.0 Å². The lowest BCUT2D eigenvalue weighted by molar-refractivity contribution is 0.596. The molecule has 34 heavy (non-hydrogen) atoms. The van der Waals surface area contributed by atoms with Crippen molar-refractivity contribution < 1.29 is 8.42 Å². The van der Waals surface area contributed by atoms with Crippen LogP contribution in [0.1, 0.15) is 61.8 Å². The largest absolute Gasteiger partial charge is 0.219 e. The fraction of sp³-hybridized carbons (Fsp3) is 0.226. The van der Waals surface area contributed by atoms with Gasteiger partial charge in [-0.1, -0.05) is 88.4 Å². The van der Waals surface area contributed by atoms with Gasteiger partial charge in [0.05, 0.1) is 9.79 Å². The Morgan fingerprint density at radius 1 is 0.676 bits per heavy atom. The van der Waals surface area contributed by atoms with Crippen molar-refractivity contribution >= 4 is 9.84 Å². The lowest BCUT2D eigenvalue weighted by atomic mass is 9.80. The average molecular weight is 467 g/mol. The summed E-state index contributed by atoms with van der Waals surface area (Å²) in [7, 11) is -3.54. The van der Waals surface area contributed by atoms with Crippen LogP contribution in [0.5, 0.6) is 0 Å². The lowest BCUT2D eigenvalue weighted by Crippen LogP contribution is -2.06. The molecule has 3 heteroatoms. The zero-order valence-electron chi connectivity index (χ0n) is 20.2. The van der Waals surface area contributed by atoms with Crippen molar-refractivity contribution in [1.82, 2.24) is 0 Å². The Kier molecular flexibility index (Phi) is 5.69. The fourth-order valence-corrected chi connectivity index (χ4v) is 6.56. The molecule has 1 aliphatic carbocycles. The number of hydrogen-bond acceptors (Lipinski definition) is 2. The first-order valence-corrected chi connectivity index (χ1v) is 13.5. The predicted molar refractivity (Wildman–Crippen MR) is 140 cm³/mol. The van der Waals surface area contributed by atoms with Crippen LogP contribution in [0.3, 0.4) is 0 Å². The Hall–Kier alpha value is -3.17. The van der Waals surface area contributed by atoms with Crippen molar-refractivity contribution in [2.24, 2.45) is 0 Å². The van der Waals surface area contributed by atoms with Gasteiger partial charge in [-0.25, -0.2) is 8.42 Å². The van der Waals surface area contributed by atoms with E-state index in [1.54, 1.807) is 36.4 Å². The minimum atomic E-state index is -3.54. The van der Waals surface area contributed by atoms with Crippen molar-refractivity contribution in [3.05, 3.63) is 107 Å². The second-order valence-electron chi connectivity index (χ2n) is 9.76. The molecule has 0 amide bonds. The molecule has 0 radical (unpaired) electrons. The third kappa shape index (κ3) is 3.69. The molecule has 0 saturated heterocycles. The van der Waals surface area contributed by atoms with Gasteiger partial charge in [0, 0.05) is 0 Å². The molecule has 0 aromatic heterocycles. The highest BCUT2D eigenvalue weighted by Crippen LogP contribution is 2.47. The first-order chi connectivity index (χ1) is 16.3. The third-order valence-electron chi connectivity index (χ3n) is 6.89. The Bertz CT molecular complexity index is 1460. The van der Waals surface area contributed by atoms with Crippen LogP contribution >= 0.6 is 0 Å². The molecular formula is C31H30O2S. The molecule has 2 nitrogen and oxygen atoms in total. The Morgan fingerprint density at radius 2 is 1.29 bits per heavy atom. The zero-order chi connectivity index (χ0) is 24.0. The highest BCUT2D eigenvalue weighted by Gasteiger charge is 2.28. The van der Waals surface area contributed by atoms with E-state index in [0.29, 0.717) is 21.6 Å². The van der Waals surface area contributed by atoms with E-state index in [9.17, 15) is 8.42 Å². The summed E-state index contributed by atoms with van der Waals surface area (Å²) in [5, 5.41) is 0. The van der Waals surface area contributed by atoms with Crippen LogP contribution in [0.25, 0.3) is 22.3 Å². The highest BCUT2D eigenvalue weighted by molar-refractivity contribution is 7.91. The summed E-state index contributed by atoms with van der Waals surface area (Å²) in [4.78, 5) is 0.650. The number of hydrogen-bond donors (Lipinski definition) is 0. The van der Waals surface area contributed by atoms with Gasteiger partial charge in [0.15, 0.2) is 0 Å². The molecule has 0 aliphatic heterocycles. The molecular weight excluding hydrogens is 436 g/mol. The molecule has 4 aromatic rings. The van der Waals surface area contributed by atoms with E-state index >= 15 is 0 Å². The quantitative estimate of drug-likeness (QED) is 0.263. The summed E-state index contributed by atoms with van der Waals surface area (Å²) in [6, 6.07) is 27.2. The first-order valence-electron chi connectivity index (χ1n) is 12.0. The molecule has 4 aromatic carbocycles. The van der Waals surface area contributed by atoms with Gasteiger partial charge in [-0.2, -0.15) is 0 Å². The summed E-state index contributed by atoms with van der Waals surface area (Å²) < 4.78 is 26.3.